The summed E-state index contributed by atoms with van der Waals surface area (Å²) in [6.07, 6.45) is 0. The molecule has 1 fully saturated rings. The molecule has 4 nitrogen and oxygen atoms in total. The summed E-state index contributed by atoms with van der Waals surface area (Å²) in [6.45, 7) is 3.10. The van der Waals surface area contributed by atoms with Gasteiger partial charge in [-0.25, -0.2) is 0 Å². The molecule has 4 heteroatoms. The number of likely N-dealkylation sites (N-methyl/N-ethyl adjacent to an activating group) is 1. The van der Waals surface area contributed by atoms with Gasteiger partial charge in [0.2, 0.25) is 0 Å². The summed E-state index contributed by atoms with van der Waals surface area (Å²) < 4.78 is 10.6. The molecule has 1 atom stereocenters. The van der Waals surface area contributed by atoms with E-state index in [2.05, 4.69) is 29.4 Å². The van der Waals surface area contributed by atoms with Crippen LogP contribution in [0.3, 0.4) is 0 Å². The molecule has 0 aromatic heterocycles. The lowest BCUT2D eigenvalue weighted by atomic mass is 10.0. The summed E-state index contributed by atoms with van der Waals surface area (Å²) in [6, 6.07) is 6.54. The fourth-order valence-corrected chi connectivity index (χ4v) is 2.24. The van der Waals surface area contributed by atoms with Crippen molar-refractivity contribution in [3.63, 3.8) is 0 Å². The molecular formula is C13H20N2O2. The molecular weight excluding hydrogens is 216 g/mol. The van der Waals surface area contributed by atoms with Crippen LogP contribution >= 0.6 is 0 Å². The molecule has 0 bridgehead atoms. The van der Waals surface area contributed by atoms with E-state index in [0.29, 0.717) is 6.04 Å². The van der Waals surface area contributed by atoms with E-state index in [9.17, 15) is 0 Å². The van der Waals surface area contributed by atoms with Gasteiger partial charge in [-0.2, -0.15) is 0 Å². The van der Waals surface area contributed by atoms with Gasteiger partial charge in [0.05, 0.1) is 14.2 Å². The second-order valence-corrected chi connectivity index (χ2v) is 4.31. The molecule has 1 aliphatic rings. The maximum absolute atomic E-state index is 5.34. The maximum atomic E-state index is 5.34. The van der Waals surface area contributed by atoms with Gasteiger partial charge in [-0.1, -0.05) is 6.07 Å². The molecule has 0 radical (unpaired) electrons. The molecule has 0 unspecified atom stereocenters. The van der Waals surface area contributed by atoms with Crippen molar-refractivity contribution in [2.24, 2.45) is 0 Å². The summed E-state index contributed by atoms with van der Waals surface area (Å²) in [7, 11) is 5.48. The van der Waals surface area contributed by atoms with Crippen molar-refractivity contribution in [3.8, 4) is 11.5 Å². The van der Waals surface area contributed by atoms with Gasteiger partial charge in [0, 0.05) is 25.7 Å². The molecule has 0 saturated carbocycles. The van der Waals surface area contributed by atoms with Crippen LogP contribution in [0.2, 0.25) is 0 Å². The number of piperazine rings is 1. The Morgan fingerprint density at radius 2 is 2.00 bits per heavy atom. The Balaban J connectivity index is 2.25. The Kier molecular flexibility index (Phi) is 3.86. The fraction of sp³-hybridized carbons (Fsp3) is 0.538. The van der Waals surface area contributed by atoms with Gasteiger partial charge in [0.25, 0.3) is 0 Å². The molecule has 0 amide bonds. The second-order valence-electron chi connectivity index (χ2n) is 4.31. The molecule has 0 aliphatic carbocycles. The number of nitrogens with one attached hydrogen (secondary N) is 1. The maximum Gasteiger partial charge on any atom is 0.161 e. The normalized spacial score (nSPS) is 21.2. The van der Waals surface area contributed by atoms with Crippen molar-refractivity contribution in [1.82, 2.24) is 10.2 Å². The van der Waals surface area contributed by atoms with Crippen molar-refractivity contribution in [2.75, 3.05) is 40.9 Å². The summed E-state index contributed by atoms with van der Waals surface area (Å²) in [5, 5.41) is 3.42. The first-order valence-electron chi connectivity index (χ1n) is 5.89. The van der Waals surface area contributed by atoms with E-state index >= 15 is 0 Å². The predicted molar refractivity (Wildman–Crippen MR) is 67.8 cm³/mol. The lowest BCUT2D eigenvalue weighted by Gasteiger charge is -2.33. The number of benzene rings is 1. The van der Waals surface area contributed by atoms with Crippen LogP contribution in [-0.4, -0.2) is 45.8 Å². The highest BCUT2D eigenvalue weighted by Gasteiger charge is 2.21. The minimum absolute atomic E-state index is 0.406. The van der Waals surface area contributed by atoms with E-state index in [0.717, 1.165) is 31.1 Å². The number of rotatable bonds is 3. The van der Waals surface area contributed by atoms with Crippen molar-refractivity contribution in [3.05, 3.63) is 23.8 Å². The zero-order chi connectivity index (χ0) is 12.3. The topological polar surface area (TPSA) is 33.7 Å². The number of ether oxygens (including phenoxy) is 2. The van der Waals surface area contributed by atoms with Gasteiger partial charge < -0.3 is 14.8 Å². The summed E-state index contributed by atoms with van der Waals surface area (Å²) in [5.74, 6) is 1.58. The average Bonchev–Trinajstić information content (AvgIpc) is 2.38. The van der Waals surface area contributed by atoms with E-state index in [1.165, 1.54) is 5.56 Å². The van der Waals surface area contributed by atoms with E-state index in [4.69, 9.17) is 9.47 Å². The predicted octanol–water partition coefficient (Wildman–Crippen LogP) is 1.28. The van der Waals surface area contributed by atoms with Crippen LogP contribution in [-0.2, 0) is 0 Å². The van der Waals surface area contributed by atoms with E-state index in [1.807, 2.05) is 6.07 Å². The molecule has 94 valence electrons. The summed E-state index contributed by atoms with van der Waals surface area (Å²) >= 11 is 0. The molecule has 1 N–H and O–H groups in total. The highest BCUT2D eigenvalue weighted by Crippen LogP contribution is 2.31. The van der Waals surface area contributed by atoms with Crippen molar-refractivity contribution in [2.45, 2.75) is 6.04 Å². The van der Waals surface area contributed by atoms with Crippen LogP contribution in [0.5, 0.6) is 11.5 Å². The molecule has 1 aromatic rings. The first-order valence-corrected chi connectivity index (χ1v) is 5.89. The number of methoxy groups -OCH3 is 2. The molecule has 1 heterocycles. The zero-order valence-electron chi connectivity index (χ0n) is 10.7. The standard InChI is InChI=1S/C13H20N2O2/c1-15-7-6-14-9-11(15)10-4-5-12(16-2)13(8-10)17-3/h4-5,8,11,14H,6-7,9H2,1-3H3/t11-/m1/s1. The second kappa shape index (κ2) is 5.38. The molecule has 1 aromatic carbocycles. The van der Waals surface area contributed by atoms with Gasteiger partial charge in [-0.05, 0) is 24.7 Å². The first-order chi connectivity index (χ1) is 8.26. The van der Waals surface area contributed by atoms with Gasteiger partial charge in [-0.3, -0.25) is 4.90 Å². The highest BCUT2D eigenvalue weighted by molar-refractivity contribution is 5.44. The Morgan fingerprint density at radius 1 is 1.24 bits per heavy atom. The van der Waals surface area contributed by atoms with Gasteiger partial charge in [0.15, 0.2) is 11.5 Å². The summed E-state index contributed by atoms with van der Waals surface area (Å²) in [4.78, 5) is 2.36. The van der Waals surface area contributed by atoms with Crippen molar-refractivity contribution >= 4 is 0 Å². The van der Waals surface area contributed by atoms with Gasteiger partial charge >= 0.3 is 0 Å². The minimum atomic E-state index is 0.406. The monoisotopic (exact) mass is 236 g/mol. The Labute approximate surface area is 103 Å². The minimum Gasteiger partial charge on any atom is -0.493 e. The Morgan fingerprint density at radius 3 is 2.65 bits per heavy atom. The first kappa shape index (κ1) is 12.2. The van der Waals surface area contributed by atoms with E-state index in [1.54, 1.807) is 14.2 Å². The lowest BCUT2D eigenvalue weighted by molar-refractivity contribution is 0.202. The van der Waals surface area contributed by atoms with Crippen molar-refractivity contribution < 1.29 is 9.47 Å². The van der Waals surface area contributed by atoms with Gasteiger partial charge in [0.1, 0.15) is 0 Å². The number of nitrogens with zero attached hydrogens (tertiary/aromatic N) is 1. The number of hydrogen-bond donors (Lipinski definition) is 1. The van der Waals surface area contributed by atoms with E-state index < -0.39 is 0 Å². The Hall–Kier alpha value is -1.26. The van der Waals surface area contributed by atoms with Crippen LogP contribution in [0.25, 0.3) is 0 Å². The van der Waals surface area contributed by atoms with Crippen LogP contribution in [0.15, 0.2) is 18.2 Å². The quantitative estimate of drug-likeness (QED) is 0.857. The summed E-state index contributed by atoms with van der Waals surface area (Å²) in [5.41, 5.74) is 1.26. The Bertz CT molecular complexity index is 382. The van der Waals surface area contributed by atoms with Crippen LogP contribution < -0.4 is 14.8 Å². The third-order valence-electron chi connectivity index (χ3n) is 3.30. The fourth-order valence-electron chi connectivity index (χ4n) is 2.24. The third-order valence-corrected chi connectivity index (χ3v) is 3.30. The zero-order valence-corrected chi connectivity index (χ0v) is 10.7. The molecule has 2 rings (SSSR count). The van der Waals surface area contributed by atoms with Crippen molar-refractivity contribution in [1.29, 1.82) is 0 Å². The lowest BCUT2D eigenvalue weighted by Crippen LogP contribution is -2.43. The smallest absolute Gasteiger partial charge is 0.161 e. The van der Waals surface area contributed by atoms with Gasteiger partial charge in [-0.15, -0.1) is 0 Å². The highest BCUT2D eigenvalue weighted by atomic mass is 16.5. The average molecular weight is 236 g/mol. The molecule has 1 aliphatic heterocycles. The third kappa shape index (κ3) is 2.53. The molecule has 1 saturated heterocycles. The SMILES string of the molecule is COc1ccc([C@H]2CNCCN2C)cc1OC. The molecule has 17 heavy (non-hydrogen) atoms. The van der Waals surface area contributed by atoms with Crippen LogP contribution in [0, 0.1) is 0 Å². The molecule has 0 spiro atoms. The van der Waals surface area contributed by atoms with Crippen LogP contribution in [0.4, 0.5) is 0 Å². The van der Waals surface area contributed by atoms with Crippen LogP contribution in [0.1, 0.15) is 11.6 Å². The largest absolute Gasteiger partial charge is 0.493 e. The number of hydrogen-bond acceptors (Lipinski definition) is 4. The van der Waals surface area contributed by atoms with E-state index in [-0.39, 0.29) is 0 Å².